The molecule has 0 radical (unpaired) electrons. The van der Waals surface area contributed by atoms with Crippen molar-refractivity contribution >= 4 is 23.2 Å². The van der Waals surface area contributed by atoms with Gasteiger partial charge in [0.1, 0.15) is 5.82 Å². The van der Waals surface area contributed by atoms with Crippen LogP contribution in [-0.4, -0.2) is 17.6 Å². The number of carbonyl (C=O) groups is 1. The van der Waals surface area contributed by atoms with Gasteiger partial charge in [-0.05, 0) is 42.0 Å². The van der Waals surface area contributed by atoms with Crippen LogP contribution in [0.5, 0.6) is 5.75 Å². The molecule has 0 saturated carbocycles. The molecule has 0 aliphatic carbocycles. The van der Waals surface area contributed by atoms with Gasteiger partial charge in [0, 0.05) is 6.54 Å². The van der Waals surface area contributed by atoms with Crippen LogP contribution >= 0.6 is 12.2 Å². The van der Waals surface area contributed by atoms with Gasteiger partial charge in [0.2, 0.25) is 0 Å². The van der Waals surface area contributed by atoms with E-state index in [4.69, 9.17) is 17.0 Å². The third-order valence-electron chi connectivity index (χ3n) is 2.88. The summed E-state index contributed by atoms with van der Waals surface area (Å²) in [7, 11) is 0. The Balaban J connectivity index is 1.66. The van der Waals surface area contributed by atoms with Crippen molar-refractivity contribution in [1.82, 2.24) is 16.2 Å². The van der Waals surface area contributed by atoms with E-state index in [0.29, 0.717) is 6.54 Å². The number of hydrogen-bond donors (Lipinski definition) is 3. The molecule has 5 nitrogen and oxygen atoms in total. The number of hydrogen-bond acceptors (Lipinski definition) is 3. The lowest BCUT2D eigenvalue weighted by atomic mass is 10.2. The third kappa shape index (κ3) is 5.81. The van der Waals surface area contributed by atoms with E-state index >= 15 is 0 Å². The Morgan fingerprint density at radius 3 is 2.46 bits per heavy atom. The summed E-state index contributed by atoms with van der Waals surface area (Å²) in [5, 5.41) is 3.02. The molecule has 0 aromatic heterocycles. The molecule has 1 amide bonds. The first-order valence-electron chi connectivity index (χ1n) is 6.99. The number of halogens is 2. The molecule has 0 heterocycles. The number of benzene rings is 2. The van der Waals surface area contributed by atoms with Crippen LogP contribution in [0, 0.1) is 11.6 Å². The van der Waals surface area contributed by atoms with E-state index in [1.165, 1.54) is 30.3 Å². The molecule has 24 heavy (non-hydrogen) atoms. The first-order valence-corrected chi connectivity index (χ1v) is 7.40. The zero-order valence-corrected chi connectivity index (χ0v) is 13.3. The minimum Gasteiger partial charge on any atom is -0.481 e. The zero-order chi connectivity index (χ0) is 17.4. The number of rotatable bonds is 5. The Kier molecular flexibility index (Phi) is 6.44. The van der Waals surface area contributed by atoms with Gasteiger partial charge in [-0.2, -0.15) is 0 Å². The van der Waals surface area contributed by atoms with Crippen LogP contribution in [-0.2, 0) is 11.3 Å². The monoisotopic (exact) mass is 351 g/mol. The zero-order valence-electron chi connectivity index (χ0n) is 12.5. The maximum Gasteiger partial charge on any atom is 0.276 e. The molecule has 2 aromatic rings. The fraction of sp³-hybridized carbons (Fsp3) is 0.125. The highest BCUT2D eigenvalue weighted by atomic mass is 32.1. The fourth-order valence-corrected chi connectivity index (χ4v) is 1.82. The minimum absolute atomic E-state index is 0.00957. The molecule has 0 bridgehead atoms. The van der Waals surface area contributed by atoms with Gasteiger partial charge >= 0.3 is 0 Å². The summed E-state index contributed by atoms with van der Waals surface area (Å²) in [4.78, 5) is 11.6. The van der Waals surface area contributed by atoms with Crippen molar-refractivity contribution in [2.45, 2.75) is 6.54 Å². The molecule has 2 aromatic carbocycles. The van der Waals surface area contributed by atoms with Gasteiger partial charge < -0.3 is 10.1 Å². The summed E-state index contributed by atoms with van der Waals surface area (Å²) < 4.78 is 31.1. The third-order valence-corrected chi connectivity index (χ3v) is 3.12. The van der Waals surface area contributed by atoms with Crippen molar-refractivity contribution in [2.75, 3.05) is 6.61 Å². The van der Waals surface area contributed by atoms with Gasteiger partial charge in [0.25, 0.3) is 5.91 Å². The van der Waals surface area contributed by atoms with Gasteiger partial charge in [-0.25, -0.2) is 8.78 Å². The topological polar surface area (TPSA) is 62.4 Å². The summed E-state index contributed by atoms with van der Waals surface area (Å²) in [5.74, 6) is -1.40. The lowest BCUT2D eigenvalue weighted by Crippen LogP contribution is -2.48. The Bertz CT molecular complexity index is 711. The number of hydrazine groups is 1. The highest BCUT2D eigenvalue weighted by molar-refractivity contribution is 7.80. The number of carbonyl (C=O) groups excluding carboxylic acids is 1. The first kappa shape index (κ1) is 17.6. The molecule has 0 aliphatic heterocycles. The van der Waals surface area contributed by atoms with Crippen molar-refractivity contribution in [3.05, 3.63) is 65.7 Å². The van der Waals surface area contributed by atoms with E-state index in [1.54, 1.807) is 18.2 Å². The normalized spacial score (nSPS) is 9.92. The fourth-order valence-electron chi connectivity index (χ4n) is 1.70. The SMILES string of the molecule is O=C(COc1ccccc1F)NNC(=S)NCc1ccc(F)cc1. The number of para-hydroxylation sites is 1. The van der Waals surface area contributed by atoms with Crippen LogP contribution in [0.2, 0.25) is 0 Å². The molecule has 0 saturated heterocycles. The molecular weight excluding hydrogens is 336 g/mol. The molecular formula is C16H15F2N3O2S. The van der Waals surface area contributed by atoms with Crippen LogP contribution in [0.1, 0.15) is 5.56 Å². The highest BCUT2D eigenvalue weighted by Gasteiger charge is 2.06. The minimum atomic E-state index is -0.547. The molecule has 0 spiro atoms. The first-order chi connectivity index (χ1) is 11.5. The summed E-state index contributed by atoms with van der Waals surface area (Å²) in [6.07, 6.45) is 0. The Morgan fingerprint density at radius 1 is 1.04 bits per heavy atom. The maximum absolute atomic E-state index is 13.3. The molecule has 0 unspecified atom stereocenters. The smallest absolute Gasteiger partial charge is 0.276 e. The molecule has 126 valence electrons. The molecule has 0 fully saturated rings. The number of amides is 1. The highest BCUT2D eigenvalue weighted by Crippen LogP contribution is 2.14. The van der Waals surface area contributed by atoms with Gasteiger partial charge in [-0.15, -0.1) is 0 Å². The van der Waals surface area contributed by atoms with Gasteiger partial charge in [0.05, 0.1) is 0 Å². The van der Waals surface area contributed by atoms with Crippen LogP contribution in [0.4, 0.5) is 8.78 Å². The Morgan fingerprint density at radius 2 is 1.75 bits per heavy atom. The second kappa shape index (κ2) is 8.78. The predicted molar refractivity (Wildman–Crippen MR) is 89.0 cm³/mol. The number of ether oxygens (including phenoxy) is 1. The van der Waals surface area contributed by atoms with Gasteiger partial charge in [-0.3, -0.25) is 15.6 Å². The molecule has 2 rings (SSSR count). The summed E-state index contributed by atoms with van der Waals surface area (Å²) in [6, 6.07) is 11.7. The van der Waals surface area contributed by atoms with E-state index < -0.39 is 11.7 Å². The van der Waals surface area contributed by atoms with E-state index in [9.17, 15) is 13.6 Å². The predicted octanol–water partition coefficient (Wildman–Crippen LogP) is 2.04. The number of thiocarbonyl (C=S) groups is 1. The van der Waals surface area contributed by atoms with Gasteiger partial charge in [-0.1, -0.05) is 24.3 Å². The maximum atomic E-state index is 13.3. The van der Waals surface area contributed by atoms with Gasteiger partial charge in [0.15, 0.2) is 23.3 Å². The van der Waals surface area contributed by atoms with Crippen molar-refractivity contribution < 1.29 is 18.3 Å². The molecule has 0 aliphatic rings. The van der Waals surface area contributed by atoms with E-state index in [-0.39, 0.29) is 23.3 Å². The average molecular weight is 351 g/mol. The van der Waals surface area contributed by atoms with Crippen molar-refractivity contribution in [2.24, 2.45) is 0 Å². The lowest BCUT2D eigenvalue weighted by molar-refractivity contribution is -0.123. The van der Waals surface area contributed by atoms with E-state index in [2.05, 4.69) is 16.2 Å². The van der Waals surface area contributed by atoms with Crippen molar-refractivity contribution in [3.8, 4) is 5.75 Å². The van der Waals surface area contributed by atoms with E-state index in [0.717, 1.165) is 5.56 Å². The average Bonchev–Trinajstić information content (AvgIpc) is 2.58. The van der Waals surface area contributed by atoms with Crippen molar-refractivity contribution in [3.63, 3.8) is 0 Å². The van der Waals surface area contributed by atoms with Crippen molar-refractivity contribution in [1.29, 1.82) is 0 Å². The quantitative estimate of drug-likeness (QED) is 0.568. The molecule has 3 N–H and O–H groups in total. The number of nitrogens with one attached hydrogen (secondary N) is 3. The standard InChI is InChI=1S/C16H15F2N3O2S/c17-12-7-5-11(6-8-12)9-19-16(24)21-20-15(22)10-23-14-4-2-1-3-13(14)18/h1-8H,9-10H2,(H,20,22)(H2,19,21,24). The van der Waals surface area contributed by atoms with E-state index in [1.807, 2.05) is 0 Å². The second-order valence-corrected chi connectivity index (χ2v) is 5.11. The molecule has 8 heteroatoms. The lowest BCUT2D eigenvalue weighted by Gasteiger charge is -2.12. The summed E-state index contributed by atoms with van der Waals surface area (Å²) in [5.41, 5.74) is 5.63. The second-order valence-electron chi connectivity index (χ2n) is 4.70. The van der Waals surface area contributed by atoms with Crippen LogP contribution < -0.4 is 20.9 Å². The molecule has 0 atom stereocenters. The Hall–Kier alpha value is -2.74. The van der Waals surface area contributed by atoms with Crippen LogP contribution in [0.15, 0.2) is 48.5 Å². The van der Waals surface area contributed by atoms with Crippen LogP contribution in [0.25, 0.3) is 0 Å². The Labute approximate surface area is 143 Å². The summed E-state index contributed by atoms with van der Waals surface area (Å²) in [6.45, 7) is 0.00220. The summed E-state index contributed by atoms with van der Waals surface area (Å²) >= 11 is 4.98. The van der Waals surface area contributed by atoms with Crippen LogP contribution in [0.3, 0.4) is 0 Å². The largest absolute Gasteiger partial charge is 0.481 e.